The lowest BCUT2D eigenvalue weighted by atomic mass is 9.79. The van der Waals surface area contributed by atoms with Crippen molar-refractivity contribution in [1.29, 1.82) is 0 Å². The van der Waals surface area contributed by atoms with E-state index in [0.29, 0.717) is 18.8 Å². The number of aromatic amines is 1. The normalized spacial score (nSPS) is 25.9. The third-order valence-electron chi connectivity index (χ3n) is 4.50. The Morgan fingerprint density at radius 3 is 2.47 bits per heavy atom. The molecule has 106 valence electrons. The smallest absolute Gasteiger partial charge is 0.274 e. The van der Waals surface area contributed by atoms with Crippen LogP contribution < -0.4 is 0 Å². The number of β-amino-alcohol motifs (C(OH)–C–C–N with tert-alkyl or cyclic N) is 1. The maximum Gasteiger partial charge on any atom is 0.274 e. The average molecular weight is 265 g/mol. The number of hydrogen-bond acceptors (Lipinski definition) is 3. The summed E-state index contributed by atoms with van der Waals surface area (Å²) < 4.78 is 0. The number of carbonyl (C=O) groups excluding carboxylic acids is 1. The minimum Gasteiger partial charge on any atom is -0.388 e. The van der Waals surface area contributed by atoms with E-state index in [-0.39, 0.29) is 11.3 Å². The molecule has 1 fully saturated rings. The predicted molar refractivity (Wildman–Crippen MR) is 73.0 cm³/mol. The van der Waals surface area contributed by atoms with Crippen molar-refractivity contribution in [1.82, 2.24) is 15.1 Å². The summed E-state index contributed by atoms with van der Waals surface area (Å²) >= 11 is 0. The van der Waals surface area contributed by atoms with E-state index in [0.717, 1.165) is 17.7 Å². The van der Waals surface area contributed by atoms with Crippen LogP contribution in [0.25, 0.3) is 0 Å². The van der Waals surface area contributed by atoms with Gasteiger partial charge in [-0.2, -0.15) is 5.10 Å². The minimum absolute atomic E-state index is 0.0979. The number of rotatable bonds is 2. The van der Waals surface area contributed by atoms with E-state index in [1.165, 1.54) is 0 Å². The summed E-state index contributed by atoms with van der Waals surface area (Å²) in [6.07, 6.45) is 0.829. The van der Waals surface area contributed by atoms with Gasteiger partial charge in [0.2, 0.25) is 0 Å². The molecule has 0 aromatic carbocycles. The first-order chi connectivity index (χ1) is 8.69. The third-order valence-corrected chi connectivity index (χ3v) is 4.50. The Kier molecular flexibility index (Phi) is 3.21. The highest BCUT2D eigenvalue weighted by Crippen LogP contribution is 2.38. The lowest BCUT2D eigenvalue weighted by Gasteiger charge is -2.30. The molecule has 2 heterocycles. The fourth-order valence-electron chi connectivity index (χ4n) is 2.57. The molecule has 0 unspecified atom stereocenters. The molecule has 5 nitrogen and oxygen atoms in total. The highest BCUT2D eigenvalue weighted by molar-refractivity contribution is 5.94. The van der Waals surface area contributed by atoms with Crippen molar-refractivity contribution in [2.24, 2.45) is 5.41 Å². The van der Waals surface area contributed by atoms with E-state index in [9.17, 15) is 9.90 Å². The molecule has 19 heavy (non-hydrogen) atoms. The summed E-state index contributed by atoms with van der Waals surface area (Å²) in [5.74, 6) is -0.0979. The van der Waals surface area contributed by atoms with E-state index in [4.69, 9.17) is 0 Å². The van der Waals surface area contributed by atoms with Crippen LogP contribution in [0.4, 0.5) is 0 Å². The van der Waals surface area contributed by atoms with Crippen molar-refractivity contribution in [2.75, 3.05) is 13.1 Å². The van der Waals surface area contributed by atoms with Crippen molar-refractivity contribution in [3.8, 4) is 0 Å². The topological polar surface area (TPSA) is 69.2 Å². The highest BCUT2D eigenvalue weighted by Gasteiger charge is 2.49. The lowest BCUT2D eigenvalue weighted by Crippen LogP contribution is -2.40. The predicted octanol–water partition coefficient (Wildman–Crippen LogP) is 1.51. The fraction of sp³-hybridized carbons (Fsp3) is 0.714. The third kappa shape index (κ3) is 2.16. The number of aryl methyl sites for hydroxylation is 1. The van der Waals surface area contributed by atoms with Gasteiger partial charge in [-0.05, 0) is 20.3 Å². The van der Waals surface area contributed by atoms with E-state index >= 15 is 0 Å². The Hall–Kier alpha value is -1.36. The molecule has 0 saturated carbocycles. The van der Waals surface area contributed by atoms with Crippen molar-refractivity contribution >= 4 is 5.91 Å². The van der Waals surface area contributed by atoms with Crippen molar-refractivity contribution in [2.45, 2.75) is 46.6 Å². The largest absolute Gasteiger partial charge is 0.388 e. The van der Waals surface area contributed by atoms with Gasteiger partial charge in [-0.25, -0.2) is 0 Å². The van der Waals surface area contributed by atoms with Gasteiger partial charge in [0.05, 0.1) is 12.1 Å². The molecule has 1 amide bonds. The van der Waals surface area contributed by atoms with Gasteiger partial charge in [-0.15, -0.1) is 0 Å². The second-order valence-electron chi connectivity index (χ2n) is 6.35. The number of likely N-dealkylation sites (tertiary alicyclic amines) is 1. The highest BCUT2D eigenvalue weighted by atomic mass is 16.3. The molecule has 0 aliphatic carbocycles. The molecule has 1 aromatic rings. The van der Waals surface area contributed by atoms with Crippen LogP contribution in [0.15, 0.2) is 0 Å². The molecular weight excluding hydrogens is 242 g/mol. The number of aliphatic hydroxyl groups is 1. The van der Waals surface area contributed by atoms with Crippen LogP contribution in [0.3, 0.4) is 0 Å². The Bertz CT molecular complexity index is 487. The Morgan fingerprint density at radius 2 is 2.05 bits per heavy atom. The first-order valence-electron chi connectivity index (χ1n) is 6.75. The van der Waals surface area contributed by atoms with Crippen molar-refractivity contribution in [3.63, 3.8) is 0 Å². The summed E-state index contributed by atoms with van der Waals surface area (Å²) in [4.78, 5) is 14.2. The molecule has 1 aromatic heterocycles. The Morgan fingerprint density at radius 1 is 1.42 bits per heavy atom. The van der Waals surface area contributed by atoms with Gasteiger partial charge in [-0.3, -0.25) is 9.89 Å². The monoisotopic (exact) mass is 265 g/mol. The number of nitrogens with zero attached hydrogens (tertiary/aromatic N) is 2. The molecule has 1 saturated heterocycles. The number of H-pyrrole nitrogens is 1. The maximum absolute atomic E-state index is 12.5. The van der Waals surface area contributed by atoms with Crippen LogP contribution in [-0.4, -0.2) is 44.8 Å². The standard InChI is InChI=1S/C14H23N3O2/c1-6-10-9(2)11(16-15-10)12(18)17-7-13(3,4)14(5,19)8-17/h19H,6-8H2,1-5H3,(H,15,16)/t14-/m0/s1. The van der Waals surface area contributed by atoms with Gasteiger partial charge in [0.15, 0.2) is 5.69 Å². The van der Waals surface area contributed by atoms with Crippen LogP contribution in [0.2, 0.25) is 0 Å². The molecule has 2 rings (SSSR count). The van der Waals surface area contributed by atoms with Gasteiger partial charge in [-0.1, -0.05) is 20.8 Å². The van der Waals surface area contributed by atoms with E-state index in [1.807, 2.05) is 27.7 Å². The summed E-state index contributed by atoms with van der Waals surface area (Å²) in [5, 5.41) is 17.4. The van der Waals surface area contributed by atoms with Crippen molar-refractivity contribution in [3.05, 3.63) is 17.0 Å². The summed E-state index contributed by atoms with van der Waals surface area (Å²) in [7, 11) is 0. The van der Waals surface area contributed by atoms with Crippen molar-refractivity contribution < 1.29 is 9.90 Å². The SMILES string of the molecule is CCc1[nH]nc(C(=O)N2CC(C)(C)[C@@](C)(O)C2)c1C. The molecule has 0 radical (unpaired) electrons. The number of nitrogens with one attached hydrogen (secondary N) is 1. The van der Waals surface area contributed by atoms with Gasteiger partial charge in [0.25, 0.3) is 5.91 Å². The fourth-order valence-corrected chi connectivity index (χ4v) is 2.57. The second kappa shape index (κ2) is 4.34. The number of hydrogen-bond donors (Lipinski definition) is 2. The van der Waals surface area contributed by atoms with Crippen LogP contribution in [-0.2, 0) is 6.42 Å². The first kappa shape index (κ1) is 14.1. The van der Waals surface area contributed by atoms with Crippen LogP contribution in [0.1, 0.15) is 49.4 Å². The van der Waals surface area contributed by atoms with Gasteiger partial charge < -0.3 is 10.0 Å². The molecule has 5 heteroatoms. The molecular formula is C14H23N3O2. The molecule has 0 spiro atoms. The summed E-state index contributed by atoms with van der Waals surface area (Å²) in [5.41, 5.74) is 1.22. The number of aromatic nitrogens is 2. The quantitative estimate of drug-likeness (QED) is 0.851. The van der Waals surface area contributed by atoms with Crippen LogP contribution >= 0.6 is 0 Å². The molecule has 1 atom stereocenters. The van der Waals surface area contributed by atoms with Gasteiger partial charge in [0, 0.05) is 23.2 Å². The Balaban J connectivity index is 2.25. The molecule has 2 N–H and O–H groups in total. The first-order valence-corrected chi connectivity index (χ1v) is 6.75. The summed E-state index contributed by atoms with van der Waals surface area (Å²) in [6.45, 7) is 10.6. The van der Waals surface area contributed by atoms with Gasteiger partial charge >= 0.3 is 0 Å². The zero-order valence-electron chi connectivity index (χ0n) is 12.4. The van der Waals surface area contributed by atoms with E-state index < -0.39 is 5.60 Å². The Labute approximate surface area is 114 Å². The molecule has 1 aliphatic heterocycles. The maximum atomic E-state index is 12.5. The molecule has 1 aliphatic rings. The number of carbonyl (C=O) groups is 1. The summed E-state index contributed by atoms with van der Waals surface area (Å²) in [6, 6.07) is 0. The number of amides is 1. The zero-order chi connectivity index (χ0) is 14.4. The average Bonchev–Trinajstić information content (AvgIpc) is 2.76. The lowest BCUT2D eigenvalue weighted by molar-refractivity contribution is -0.0108. The zero-order valence-corrected chi connectivity index (χ0v) is 12.4. The van der Waals surface area contributed by atoms with Crippen LogP contribution in [0, 0.1) is 12.3 Å². The molecule has 0 bridgehead atoms. The second-order valence-corrected chi connectivity index (χ2v) is 6.35. The minimum atomic E-state index is -0.861. The van der Waals surface area contributed by atoms with E-state index in [1.54, 1.807) is 11.8 Å². The van der Waals surface area contributed by atoms with Crippen LogP contribution in [0.5, 0.6) is 0 Å². The van der Waals surface area contributed by atoms with E-state index in [2.05, 4.69) is 10.2 Å². The van der Waals surface area contributed by atoms with Gasteiger partial charge in [0.1, 0.15) is 0 Å².